The van der Waals surface area contributed by atoms with Crippen LogP contribution in [-0.2, 0) is 0 Å². The fraction of sp³-hybridized carbons (Fsp3) is 0.286. The van der Waals surface area contributed by atoms with E-state index in [-0.39, 0.29) is 0 Å². The summed E-state index contributed by atoms with van der Waals surface area (Å²) < 4.78 is 5.07. The lowest BCUT2D eigenvalue weighted by Gasteiger charge is -1.99. The molecule has 60 valence electrons. The average molecular weight is 153 g/mol. The molecule has 0 aromatic carbocycles. The molecule has 4 nitrogen and oxygen atoms in total. The van der Waals surface area contributed by atoms with E-state index < -0.39 is 0 Å². The average Bonchev–Trinajstić information content (AvgIpc) is 2.52. The van der Waals surface area contributed by atoms with Crippen LogP contribution in [0, 0.1) is 0 Å². The van der Waals surface area contributed by atoms with Gasteiger partial charge in [-0.3, -0.25) is 4.99 Å². The first-order chi connectivity index (χ1) is 5.38. The number of nitrogens with zero attached hydrogens (tertiary/aromatic N) is 1. The number of rotatable bonds is 2. The van der Waals surface area contributed by atoms with E-state index in [0.29, 0.717) is 18.1 Å². The summed E-state index contributed by atoms with van der Waals surface area (Å²) in [6.45, 7) is 2.61. The third-order valence-electron chi connectivity index (χ3n) is 1.21. The standard InChI is InChI=1S/C7H11N3O/c1-2-9-7(10-8)6-4-3-5-11-6/h3-5H,2,8H2,1H3,(H,9,10). The molecule has 0 amide bonds. The molecule has 0 radical (unpaired) electrons. The predicted molar refractivity (Wildman–Crippen MR) is 43.1 cm³/mol. The summed E-state index contributed by atoms with van der Waals surface area (Å²) in [7, 11) is 0. The molecule has 0 atom stereocenters. The number of hydrazine groups is 1. The summed E-state index contributed by atoms with van der Waals surface area (Å²) in [5.74, 6) is 6.45. The second kappa shape index (κ2) is 3.78. The predicted octanol–water partition coefficient (Wildman–Crippen LogP) is 0.509. The molecule has 0 fully saturated rings. The first kappa shape index (κ1) is 7.81. The van der Waals surface area contributed by atoms with Crippen molar-refractivity contribution >= 4 is 5.84 Å². The Labute approximate surface area is 65.1 Å². The number of aliphatic imine (C=N–C) groups is 1. The summed E-state index contributed by atoms with van der Waals surface area (Å²) in [6, 6.07) is 3.59. The van der Waals surface area contributed by atoms with Gasteiger partial charge >= 0.3 is 0 Å². The van der Waals surface area contributed by atoms with Gasteiger partial charge in [0.1, 0.15) is 0 Å². The lowest BCUT2D eigenvalue weighted by Crippen LogP contribution is -2.30. The van der Waals surface area contributed by atoms with Crippen LogP contribution in [0.2, 0.25) is 0 Å². The molecule has 0 aliphatic heterocycles. The van der Waals surface area contributed by atoms with Crippen molar-refractivity contribution in [2.45, 2.75) is 6.92 Å². The lowest BCUT2D eigenvalue weighted by molar-refractivity contribution is 0.553. The van der Waals surface area contributed by atoms with Crippen LogP contribution in [-0.4, -0.2) is 12.4 Å². The summed E-state index contributed by atoms with van der Waals surface area (Å²) in [5, 5.41) is 0. The van der Waals surface area contributed by atoms with Gasteiger partial charge in [0.2, 0.25) is 0 Å². The molecule has 0 aliphatic carbocycles. The highest BCUT2D eigenvalue weighted by Crippen LogP contribution is 1.99. The number of nitrogens with two attached hydrogens (primary N) is 1. The maximum Gasteiger partial charge on any atom is 0.179 e. The Kier molecular flexibility index (Phi) is 2.68. The van der Waals surface area contributed by atoms with Gasteiger partial charge in [-0.05, 0) is 19.1 Å². The van der Waals surface area contributed by atoms with Crippen molar-refractivity contribution in [1.29, 1.82) is 0 Å². The molecule has 4 heteroatoms. The number of furan rings is 1. The van der Waals surface area contributed by atoms with Gasteiger partial charge in [-0.15, -0.1) is 0 Å². The molecule has 0 aliphatic rings. The van der Waals surface area contributed by atoms with Gasteiger partial charge in [0.15, 0.2) is 11.6 Å². The maximum absolute atomic E-state index is 5.21. The van der Waals surface area contributed by atoms with E-state index in [1.165, 1.54) is 0 Å². The first-order valence-electron chi connectivity index (χ1n) is 3.43. The number of amidine groups is 1. The Morgan fingerprint density at radius 1 is 1.82 bits per heavy atom. The van der Waals surface area contributed by atoms with Crippen molar-refractivity contribution in [2.75, 3.05) is 6.54 Å². The van der Waals surface area contributed by atoms with Gasteiger partial charge in [-0.2, -0.15) is 0 Å². The van der Waals surface area contributed by atoms with E-state index in [2.05, 4.69) is 10.4 Å². The molecule has 0 bridgehead atoms. The van der Waals surface area contributed by atoms with Gasteiger partial charge in [0.05, 0.1) is 6.26 Å². The summed E-state index contributed by atoms with van der Waals surface area (Å²) in [5.41, 5.74) is 2.46. The van der Waals surface area contributed by atoms with Gasteiger partial charge in [0.25, 0.3) is 0 Å². The van der Waals surface area contributed by atoms with Crippen molar-refractivity contribution in [3.63, 3.8) is 0 Å². The second-order valence-corrected chi connectivity index (χ2v) is 1.94. The Hall–Kier alpha value is -1.29. The van der Waals surface area contributed by atoms with Crippen molar-refractivity contribution in [1.82, 2.24) is 5.43 Å². The first-order valence-corrected chi connectivity index (χ1v) is 3.43. The third kappa shape index (κ3) is 1.81. The van der Waals surface area contributed by atoms with Crippen LogP contribution in [0.1, 0.15) is 12.7 Å². The van der Waals surface area contributed by atoms with Gasteiger partial charge < -0.3 is 9.84 Å². The zero-order valence-electron chi connectivity index (χ0n) is 6.37. The SMILES string of the molecule is CCN=C(NN)c1ccco1. The van der Waals surface area contributed by atoms with Crippen molar-refractivity contribution < 1.29 is 4.42 Å². The van der Waals surface area contributed by atoms with Crippen LogP contribution in [0.15, 0.2) is 27.8 Å². The Balaban J connectivity index is 2.79. The van der Waals surface area contributed by atoms with Crippen LogP contribution < -0.4 is 11.3 Å². The monoisotopic (exact) mass is 153 g/mol. The van der Waals surface area contributed by atoms with E-state index in [1.54, 1.807) is 18.4 Å². The smallest absolute Gasteiger partial charge is 0.179 e. The van der Waals surface area contributed by atoms with Crippen LogP contribution in [0.25, 0.3) is 0 Å². The highest BCUT2D eigenvalue weighted by molar-refractivity contribution is 5.95. The fourth-order valence-corrected chi connectivity index (χ4v) is 0.766. The number of nitrogens with one attached hydrogen (secondary N) is 1. The minimum absolute atomic E-state index is 0.581. The number of hydrogen-bond acceptors (Lipinski definition) is 3. The number of hydrogen-bond donors (Lipinski definition) is 2. The van der Waals surface area contributed by atoms with Crippen molar-refractivity contribution in [3.05, 3.63) is 24.2 Å². The Morgan fingerprint density at radius 3 is 3.09 bits per heavy atom. The van der Waals surface area contributed by atoms with Gasteiger partial charge in [0, 0.05) is 6.54 Å². The molecule has 3 N–H and O–H groups in total. The Bertz CT molecular complexity index is 228. The van der Waals surface area contributed by atoms with Crippen LogP contribution >= 0.6 is 0 Å². The van der Waals surface area contributed by atoms with Gasteiger partial charge in [-0.25, -0.2) is 5.84 Å². The minimum atomic E-state index is 0.581. The maximum atomic E-state index is 5.21. The highest BCUT2D eigenvalue weighted by Gasteiger charge is 2.01. The van der Waals surface area contributed by atoms with E-state index in [4.69, 9.17) is 10.3 Å². The summed E-state index contributed by atoms with van der Waals surface area (Å²) >= 11 is 0. The quantitative estimate of drug-likeness (QED) is 0.281. The molecular formula is C7H11N3O. The summed E-state index contributed by atoms with van der Waals surface area (Å²) in [6.07, 6.45) is 1.58. The lowest BCUT2D eigenvalue weighted by atomic mass is 10.4. The fourth-order valence-electron chi connectivity index (χ4n) is 0.766. The molecule has 0 saturated carbocycles. The normalized spacial score (nSPS) is 11.6. The third-order valence-corrected chi connectivity index (χ3v) is 1.21. The molecule has 1 aromatic heterocycles. The van der Waals surface area contributed by atoms with E-state index >= 15 is 0 Å². The van der Waals surface area contributed by atoms with Crippen LogP contribution in [0.3, 0.4) is 0 Å². The molecule has 0 saturated heterocycles. The largest absolute Gasteiger partial charge is 0.461 e. The topological polar surface area (TPSA) is 63.5 Å². The molecule has 1 rings (SSSR count). The summed E-state index contributed by atoms with van der Waals surface area (Å²) in [4.78, 5) is 4.07. The van der Waals surface area contributed by atoms with Gasteiger partial charge in [-0.1, -0.05) is 0 Å². The molecule has 11 heavy (non-hydrogen) atoms. The second-order valence-electron chi connectivity index (χ2n) is 1.94. The molecule has 1 heterocycles. The van der Waals surface area contributed by atoms with Crippen LogP contribution in [0.4, 0.5) is 0 Å². The highest BCUT2D eigenvalue weighted by atomic mass is 16.3. The minimum Gasteiger partial charge on any atom is -0.461 e. The molecule has 0 spiro atoms. The molecule has 1 aromatic rings. The van der Waals surface area contributed by atoms with Crippen molar-refractivity contribution in [3.8, 4) is 0 Å². The van der Waals surface area contributed by atoms with E-state index in [1.807, 2.05) is 6.92 Å². The van der Waals surface area contributed by atoms with E-state index in [0.717, 1.165) is 0 Å². The Morgan fingerprint density at radius 2 is 2.64 bits per heavy atom. The molecular weight excluding hydrogens is 142 g/mol. The van der Waals surface area contributed by atoms with Crippen LogP contribution in [0.5, 0.6) is 0 Å². The van der Waals surface area contributed by atoms with E-state index in [9.17, 15) is 0 Å². The zero-order chi connectivity index (χ0) is 8.10. The van der Waals surface area contributed by atoms with Crippen molar-refractivity contribution in [2.24, 2.45) is 10.8 Å². The molecule has 0 unspecified atom stereocenters. The zero-order valence-corrected chi connectivity index (χ0v) is 6.37.